The summed E-state index contributed by atoms with van der Waals surface area (Å²) in [6.45, 7) is 8.84. The van der Waals surface area contributed by atoms with Crippen molar-refractivity contribution in [1.29, 1.82) is 0 Å². The number of thiophene rings is 1. The molecule has 0 amide bonds. The summed E-state index contributed by atoms with van der Waals surface area (Å²) in [5.41, 5.74) is 4.05. The first-order chi connectivity index (χ1) is 15.0. The van der Waals surface area contributed by atoms with E-state index < -0.39 is 0 Å². The minimum absolute atomic E-state index is 0.233. The molecule has 0 aliphatic carbocycles. The number of piperazine rings is 1. The molecular weight excluding hydrogens is 410 g/mol. The quantitative estimate of drug-likeness (QED) is 0.469. The zero-order chi connectivity index (χ0) is 21.2. The van der Waals surface area contributed by atoms with Crippen molar-refractivity contribution in [3.63, 3.8) is 0 Å². The van der Waals surface area contributed by atoms with E-state index in [9.17, 15) is 0 Å². The molecule has 2 aliphatic rings. The van der Waals surface area contributed by atoms with E-state index in [2.05, 4.69) is 30.7 Å². The molecule has 0 aromatic carbocycles. The first-order valence-corrected chi connectivity index (χ1v) is 11.5. The van der Waals surface area contributed by atoms with Crippen LogP contribution in [0.1, 0.15) is 25.0 Å². The number of nitrogens with zero attached hydrogens (tertiary/aromatic N) is 5. The van der Waals surface area contributed by atoms with Gasteiger partial charge in [0.2, 0.25) is 0 Å². The minimum atomic E-state index is -0.233. The van der Waals surface area contributed by atoms with Gasteiger partial charge in [-0.05, 0) is 38.6 Å². The van der Waals surface area contributed by atoms with Crippen LogP contribution >= 0.6 is 11.3 Å². The van der Waals surface area contributed by atoms with Crippen molar-refractivity contribution in [2.45, 2.75) is 32.5 Å². The Bertz CT molecular complexity index is 1270. The minimum Gasteiger partial charge on any atom is -0.463 e. The highest BCUT2D eigenvalue weighted by Crippen LogP contribution is 2.44. The molecule has 4 aromatic rings. The van der Waals surface area contributed by atoms with Gasteiger partial charge in [-0.2, -0.15) is 0 Å². The molecule has 0 saturated carbocycles. The number of anilines is 1. The summed E-state index contributed by atoms with van der Waals surface area (Å²) >= 11 is 1.69. The molecule has 1 fully saturated rings. The molecule has 6 heterocycles. The Morgan fingerprint density at radius 3 is 2.71 bits per heavy atom. The summed E-state index contributed by atoms with van der Waals surface area (Å²) < 4.78 is 13.0. The van der Waals surface area contributed by atoms with Crippen LogP contribution in [0.4, 0.5) is 5.82 Å². The lowest BCUT2D eigenvalue weighted by atomic mass is 9.89. The fourth-order valence-electron chi connectivity index (χ4n) is 4.65. The predicted molar refractivity (Wildman–Crippen MR) is 123 cm³/mol. The smallest absolute Gasteiger partial charge is 0.152 e. The summed E-state index contributed by atoms with van der Waals surface area (Å²) in [6.07, 6.45) is 4.22. The fourth-order valence-corrected chi connectivity index (χ4v) is 5.83. The first kappa shape index (κ1) is 19.2. The summed E-state index contributed by atoms with van der Waals surface area (Å²) in [4.78, 5) is 20.2. The number of ether oxygens (including phenoxy) is 1. The van der Waals surface area contributed by atoms with E-state index in [1.165, 1.54) is 5.56 Å². The van der Waals surface area contributed by atoms with E-state index in [-0.39, 0.29) is 5.60 Å². The molecular formula is C23H25N5O2S. The lowest BCUT2D eigenvalue weighted by Crippen LogP contribution is -2.44. The first-order valence-electron chi connectivity index (χ1n) is 10.7. The van der Waals surface area contributed by atoms with Gasteiger partial charge in [-0.15, -0.1) is 11.3 Å². The number of furan rings is 1. The Kier molecular flexibility index (Phi) is 4.31. The highest BCUT2D eigenvalue weighted by atomic mass is 32.1. The second-order valence-electron chi connectivity index (χ2n) is 9.07. The van der Waals surface area contributed by atoms with Gasteiger partial charge in [0.15, 0.2) is 5.76 Å². The lowest BCUT2D eigenvalue weighted by Gasteiger charge is -2.33. The molecule has 0 spiro atoms. The third-order valence-corrected chi connectivity index (χ3v) is 7.44. The number of aromatic nitrogens is 3. The molecule has 0 bridgehead atoms. The zero-order valence-electron chi connectivity index (χ0n) is 18.0. The van der Waals surface area contributed by atoms with Crippen molar-refractivity contribution in [2.24, 2.45) is 0 Å². The average molecular weight is 436 g/mol. The van der Waals surface area contributed by atoms with Gasteiger partial charge in [0.25, 0.3) is 0 Å². The average Bonchev–Trinajstić information content (AvgIpc) is 3.41. The van der Waals surface area contributed by atoms with Crippen LogP contribution in [-0.4, -0.2) is 58.7 Å². The largest absolute Gasteiger partial charge is 0.463 e. The highest BCUT2D eigenvalue weighted by Gasteiger charge is 2.33. The van der Waals surface area contributed by atoms with Crippen LogP contribution < -0.4 is 4.90 Å². The summed E-state index contributed by atoms with van der Waals surface area (Å²) in [5.74, 6) is 1.81. The Balaban J connectivity index is 1.61. The van der Waals surface area contributed by atoms with Gasteiger partial charge < -0.3 is 19.0 Å². The van der Waals surface area contributed by atoms with Gasteiger partial charge >= 0.3 is 0 Å². The SMILES string of the molecule is CN1CCN(c2ncnc3c2sc2nc(-c4ccco4)c4c(c23)CC(C)(C)OC4)CC1. The highest BCUT2D eigenvalue weighted by molar-refractivity contribution is 7.26. The molecule has 31 heavy (non-hydrogen) atoms. The Hall–Kier alpha value is -2.55. The lowest BCUT2D eigenvalue weighted by molar-refractivity contribution is -0.0395. The van der Waals surface area contributed by atoms with Crippen molar-refractivity contribution in [1.82, 2.24) is 19.9 Å². The zero-order valence-corrected chi connectivity index (χ0v) is 18.8. The number of hydrogen-bond donors (Lipinski definition) is 0. The number of hydrogen-bond acceptors (Lipinski definition) is 8. The predicted octanol–water partition coefficient (Wildman–Crippen LogP) is 4.10. The summed E-state index contributed by atoms with van der Waals surface area (Å²) in [6, 6.07) is 3.88. The molecule has 4 aromatic heterocycles. The van der Waals surface area contributed by atoms with Crippen LogP contribution in [0.3, 0.4) is 0 Å². The third kappa shape index (κ3) is 3.12. The summed E-state index contributed by atoms with van der Waals surface area (Å²) in [7, 11) is 2.17. The number of pyridine rings is 1. The molecule has 0 N–H and O–H groups in total. The molecule has 160 valence electrons. The van der Waals surface area contributed by atoms with Crippen LogP contribution in [-0.2, 0) is 17.8 Å². The normalized spacial score (nSPS) is 19.3. The van der Waals surface area contributed by atoms with Crippen molar-refractivity contribution in [2.75, 3.05) is 38.1 Å². The number of rotatable bonds is 2. The van der Waals surface area contributed by atoms with Crippen LogP contribution in [0.15, 0.2) is 29.1 Å². The van der Waals surface area contributed by atoms with E-state index in [0.717, 1.165) is 75.9 Å². The maximum absolute atomic E-state index is 6.17. The van der Waals surface area contributed by atoms with Gasteiger partial charge in [0.05, 0.1) is 28.7 Å². The van der Waals surface area contributed by atoms with Gasteiger partial charge in [0, 0.05) is 43.5 Å². The van der Waals surface area contributed by atoms with Crippen LogP contribution in [0.25, 0.3) is 31.9 Å². The van der Waals surface area contributed by atoms with Crippen molar-refractivity contribution in [3.8, 4) is 11.5 Å². The number of fused-ring (bicyclic) bond motifs is 5. The molecule has 6 rings (SSSR count). The maximum Gasteiger partial charge on any atom is 0.152 e. The standard InChI is InChI=1S/C23H25N5O2S/c1-23(2)11-14-15(12-30-23)18(16-5-4-10-29-16)26-22-17(14)19-20(31-22)21(25-13-24-19)28-8-6-27(3)7-9-28/h4-5,10,13H,6-9,11-12H2,1-3H3. The van der Waals surface area contributed by atoms with Gasteiger partial charge in [-0.25, -0.2) is 15.0 Å². The van der Waals surface area contributed by atoms with Gasteiger partial charge in [-0.1, -0.05) is 0 Å². The maximum atomic E-state index is 6.17. The molecule has 1 saturated heterocycles. The molecule has 7 nitrogen and oxygen atoms in total. The van der Waals surface area contributed by atoms with E-state index in [4.69, 9.17) is 24.1 Å². The molecule has 8 heteroatoms. The third-order valence-electron chi connectivity index (χ3n) is 6.37. The van der Waals surface area contributed by atoms with Crippen molar-refractivity contribution < 1.29 is 9.15 Å². The Morgan fingerprint density at radius 1 is 1.10 bits per heavy atom. The molecule has 2 aliphatic heterocycles. The topological polar surface area (TPSA) is 67.5 Å². The molecule has 0 radical (unpaired) electrons. The van der Waals surface area contributed by atoms with E-state index >= 15 is 0 Å². The molecule has 0 atom stereocenters. The second kappa shape index (κ2) is 6.98. The molecule has 0 unspecified atom stereocenters. The Morgan fingerprint density at radius 2 is 1.94 bits per heavy atom. The van der Waals surface area contributed by atoms with Crippen LogP contribution in [0, 0.1) is 0 Å². The van der Waals surface area contributed by atoms with E-state index in [1.54, 1.807) is 23.9 Å². The second-order valence-corrected chi connectivity index (χ2v) is 10.1. The number of likely N-dealkylation sites (N-methyl/N-ethyl adjacent to an activating group) is 1. The fraction of sp³-hybridized carbons (Fsp3) is 0.435. The van der Waals surface area contributed by atoms with Crippen molar-refractivity contribution >= 4 is 37.6 Å². The van der Waals surface area contributed by atoms with Gasteiger partial charge in [-0.3, -0.25) is 0 Å². The summed E-state index contributed by atoms with van der Waals surface area (Å²) in [5, 5.41) is 1.15. The van der Waals surface area contributed by atoms with Gasteiger partial charge in [0.1, 0.15) is 22.7 Å². The van der Waals surface area contributed by atoms with Crippen molar-refractivity contribution in [3.05, 3.63) is 35.9 Å². The van der Waals surface area contributed by atoms with E-state index in [0.29, 0.717) is 6.61 Å². The van der Waals surface area contributed by atoms with Crippen LogP contribution in [0.2, 0.25) is 0 Å². The Labute approximate surface area is 184 Å². The monoisotopic (exact) mass is 435 g/mol. The van der Waals surface area contributed by atoms with E-state index in [1.807, 2.05) is 12.1 Å². The van der Waals surface area contributed by atoms with Crippen LogP contribution in [0.5, 0.6) is 0 Å².